The van der Waals surface area contributed by atoms with Crippen LogP contribution in [0.15, 0.2) is 48.5 Å². The van der Waals surface area contributed by atoms with E-state index in [1.165, 1.54) is 28.9 Å². The van der Waals surface area contributed by atoms with E-state index in [9.17, 15) is 19.6 Å². The molecule has 0 fully saturated rings. The van der Waals surface area contributed by atoms with Gasteiger partial charge < -0.3 is 9.80 Å². The summed E-state index contributed by atoms with van der Waals surface area (Å²) in [6, 6.07) is 12.7. The first-order valence-corrected chi connectivity index (χ1v) is 8.61. The fourth-order valence-electron chi connectivity index (χ4n) is 2.13. The van der Waals surface area contributed by atoms with Gasteiger partial charge in [-0.05, 0) is 48.5 Å². The van der Waals surface area contributed by atoms with Gasteiger partial charge in [0, 0.05) is 46.2 Å². The molecular formula is C20H26N4O5. The van der Waals surface area contributed by atoms with Crippen LogP contribution in [-0.2, 0) is 4.79 Å². The minimum atomic E-state index is -0.480. The van der Waals surface area contributed by atoms with Gasteiger partial charge in [0.2, 0.25) is 5.91 Å². The zero-order chi connectivity index (χ0) is 22.1. The van der Waals surface area contributed by atoms with Crippen molar-refractivity contribution in [3.8, 4) is 0 Å². The molecule has 0 heterocycles. The van der Waals surface area contributed by atoms with Gasteiger partial charge in [0.05, 0.1) is 11.4 Å². The van der Waals surface area contributed by atoms with Crippen LogP contribution >= 0.6 is 0 Å². The van der Waals surface area contributed by atoms with E-state index < -0.39 is 5.91 Å². The van der Waals surface area contributed by atoms with Crippen LogP contribution in [0.4, 0.5) is 11.4 Å². The van der Waals surface area contributed by atoms with Gasteiger partial charge in [0.15, 0.2) is 0 Å². The van der Waals surface area contributed by atoms with Crippen molar-refractivity contribution in [1.29, 1.82) is 0 Å². The van der Waals surface area contributed by atoms with Gasteiger partial charge in [0.1, 0.15) is 0 Å². The number of hydrogen-bond donors (Lipinski definition) is 3. The van der Waals surface area contributed by atoms with E-state index in [2.05, 4.69) is 0 Å². The molecule has 0 unspecified atom stereocenters. The molecule has 0 radical (unpaired) electrons. The number of carbonyl (C=O) groups is 3. The van der Waals surface area contributed by atoms with Crippen LogP contribution in [0.25, 0.3) is 0 Å². The molecule has 0 bridgehead atoms. The third kappa shape index (κ3) is 6.91. The molecule has 29 heavy (non-hydrogen) atoms. The normalized spacial score (nSPS) is 9.62. The standard InChI is InChI=1S/C11H14N2O3.C9H12N2O2/c1-8(14)13(16)10-6-4-9(5-7-10)11(15)12(2)3;1-11(2)9(12)7-3-5-8(10-13)6-4-7/h4-7,16H,1-3H3;3-6,10,13H,1-2H3. The van der Waals surface area contributed by atoms with Crippen LogP contribution in [0.1, 0.15) is 27.6 Å². The highest BCUT2D eigenvalue weighted by atomic mass is 16.5. The maximum Gasteiger partial charge on any atom is 0.253 e. The maximum absolute atomic E-state index is 11.5. The average molecular weight is 402 g/mol. The molecule has 0 saturated heterocycles. The molecule has 0 aliphatic carbocycles. The Labute approximate surface area is 169 Å². The number of nitrogens with zero attached hydrogens (tertiary/aromatic N) is 3. The minimum Gasteiger partial charge on any atom is -0.345 e. The molecule has 0 saturated carbocycles. The van der Waals surface area contributed by atoms with Crippen LogP contribution < -0.4 is 10.5 Å². The van der Waals surface area contributed by atoms with Gasteiger partial charge in [-0.25, -0.2) is 0 Å². The van der Waals surface area contributed by atoms with E-state index in [-0.39, 0.29) is 11.8 Å². The molecule has 9 nitrogen and oxygen atoms in total. The molecule has 3 amide bonds. The van der Waals surface area contributed by atoms with Crippen LogP contribution in [0.3, 0.4) is 0 Å². The van der Waals surface area contributed by atoms with Gasteiger partial charge in [-0.3, -0.25) is 30.3 Å². The topological polar surface area (TPSA) is 113 Å². The molecular weight excluding hydrogens is 376 g/mol. The van der Waals surface area contributed by atoms with Gasteiger partial charge in [-0.2, -0.15) is 5.06 Å². The Kier molecular flexibility index (Phi) is 8.78. The number of hydroxylamine groups is 1. The molecule has 0 aliphatic heterocycles. The lowest BCUT2D eigenvalue weighted by Gasteiger charge is -2.14. The van der Waals surface area contributed by atoms with Crippen molar-refractivity contribution in [2.24, 2.45) is 0 Å². The summed E-state index contributed by atoms with van der Waals surface area (Å²) in [5, 5.41) is 18.4. The van der Waals surface area contributed by atoms with Crippen molar-refractivity contribution in [3.05, 3.63) is 59.7 Å². The largest absolute Gasteiger partial charge is 0.345 e. The summed E-state index contributed by atoms with van der Waals surface area (Å²) in [6.07, 6.45) is 0. The number of benzene rings is 2. The van der Waals surface area contributed by atoms with E-state index in [0.29, 0.717) is 27.6 Å². The Morgan fingerprint density at radius 2 is 1.14 bits per heavy atom. The highest BCUT2D eigenvalue weighted by molar-refractivity contribution is 5.95. The highest BCUT2D eigenvalue weighted by Gasteiger charge is 2.11. The van der Waals surface area contributed by atoms with E-state index in [4.69, 9.17) is 5.21 Å². The molecule has 2 aromatic carbocycles. The first-order valence-electron chi connectivity index (χ1n) is 8.61. The zero-order valence-corrected chi connectivity index (χ0v) is 17.1. The summed E-state index contributed by atoms with van der Waals surface area (Å²) < 4.78 is 0. The second-order valence-electron chi connectivity index (χ2n) is 6.47. The maximum atomic E-state index is 11.5. The first kappa shape index (κ1) is 23.6. The third-order valence-electron chi connectivity index (χ3n) is 3.73. The van der Waals surface area contributed by atoms with Crippen molar-refractivity contribution in [2.45, 2.75) is 6.92 Å². The van der Waals surface area contributed by atoms with E-state index in [0.717, 1.165) is 0 Å². The van der Waals surface area contributed by atoms with Crippen molar-refractivity contribution < 1.29 is 24.8 Å². The molecule has 3 N–H and O–H groups in total. The molecule has 2 rings (SSSR count). The molecule has 2 aromatic rings. The quantitative estimate of drug-likeness (QED) is 0.534. The third-order valence-corrected chi connectivity index (χ3v) is 3.73. The Hall–Kier alpha value is -3.43. The summed E-state index contributed by atoms with van der Waals surface area (Å²) >= 11 is 0. The minimum absolute atomic E-state index is 0.0514. The molecule has 0 aromatic heterocycles. The van der Waals surface area contributed by atoms with Crippen molar-refractivity contribution >= 4 is 29.1 Å². The second-order valence-corrected chi connectivity index (χ2v) is 6.47. The number of anilines is 2. The van der Waals surface area contributed by atoms with Crippen LogP contribution in [0.2, 0.25) is 0 Å². The Balaban J connectivity index is 0.000000296. The number of nitrogens with one attached hydrogen (secondary N) is 1. The lowest BCUT2D eigenvalue weighted by molar-refractivity contribution is -0.121. The lowest BCUT2D eigenvalue weighted by Crippen LogP contribution is -2.24. The lowest BCUT2D eigenvalue weighted by atomic mass is 10.2. The zero-order valence-electron chi connectivity index (χ0n) is 17.1. The SMILES string of the molecule is CC(=O)N(O)c1ccc(C(=O)N(C)C)cc1.CN(C)C(=O)c1ccc(NO)cc1. The molecule has 0 aliphatic rings. The average Bonchev–Trinajstić information content (AvgIpc) is 2.72. The van der Waals surface area contributed by atoms with Gasteiger partial charge in [-0.15, -0.1) is 0 Å². The van der Waals surface area contributed by atoms with Gasteiger partial charge >= 0.3 is 0 Å². The monoisotopic (exact) mass is 402 g/mol. The second kappa shape index (κ2) is 10.8. The Bertz CT molecular complexity index is 833. The predicted molar refractivity (Wildman–Crippen MR) is 109 cm³/mol. The van der Waals surface area contributed by atoms with Crippen LogP contribution in [0.5, 0.6) is 0 Å². The highest BCUT2D eigenvalue weighted by Crippen LogP contribution is 2.14. The summed E-state index contributed by atoms with van der Waals surface area (Å²) in [4.78, 5) is 36.8. The predicted octanol–water partition coefficient (Wildman–Crippen LogP) is 2.32. The van der Waals surface area contributed by atoms with Crippen LogP contribution in [0, 0.1) is 0 Å². The van der Waals surface area contributed by atoms with Gasteiger partial charge in [-0.1, -0.05) is 0 Å². The first-order chi connectivity index (χ1) is 13.6. The smallest absolute Gasteiger partial charge is 0.253 e. The summed E-state index contributed by atoms with van der Waals surface area (Å²) in [7, 11) is 6.70. The molecule has 156 valence electrons. The van der Waals surface area contributed by atoms with Crippen molar-refractivity contribution in [1.82, 2.24) is 9.80 Å². The number of hydrogen-bond acceptors (Lipinski definition) is 6. The molecule has 9 heteroatoms. The van der Waals surface area contributed by atoms with Crippen molar-refractivity contribution in [2.75, 3.05) is 38.7 Å². The fourth-order valence-corrected chi connectivity index (χ4v) is 2.13. The summed E-state index contributed by atoms with van der Waals surface area (Å²) in [5.74, 6) is -0.657. The van der Waals surface area contributed by atoms with Crippen LogP contribution in [-0.4, -0.2) is 66.1 Å². The number of carbonyl (C=O) groups excluding carboxylic acids is 3. The van der Waals surface area contributed by atoms with Gasteiger partial charge in [0.25, 0.3) is 11.8 Å². The van der Waals surface area contributed by atoms with E-state index >= 15 is 0 Å². The molecule has 0 atom stereocenters. The summed E-state index contributed by atoms with van der Waals surface area (Å²) in [5.41, 5.74) is 4.00. The fraction of sp³-hybridized carbons (Fsp3) is 0.250. The van der Waals surface area contributed by atoms with E-state index in [1.54, 1.807) is 64.6 Å². The summed E-state index contributed by atoms with van der Waals surface area (Å²) in [6.45, 7) is 1.25. The number of amides is 3. The Morgan fingerprint density at radius 1 is 0.759 bits per heavy atom. The van der Waals surface area contributed by atoms with Crippen molar-refractivity contribution in [3.63, 3.8) is 0 Å². The van der Waals surface area contributed by atoms with E-state index in [1.807, 2.05) is 5.48 Å². The molecule has 0 spiro atoms. The number of rotatable bonds is 4. The Morgan fingerprint density at radius 3 is 1.45 bits per heavy atom.